The Morgan fingerprint density at radius 3 is 2.60 bits per heavy atom. The second kappa shape index (κ2) is 12.4. The number of nitrogens with one attached hydrogen (secondary N) is 1. The molecule has 1 N–H and O–H groups in total. The van der Waals surface area contributed by atoms with Crippen molar-refractivity contribution in [1.29, 1.82) is 0 Å². The first-order valence-corrected chi connectivity index (χ1v) is 10.0. The highest BCUT2D eigenvalue weighted by atomic mass is 35.5. The largest absolute Gasteiger partial charge is 0.388 e. The molecule has 0 aromatic heterocycles. The minimum Gasteiger partial charge on any atom is -0.388 e. The normalized spacial score (nSPS) is 24.9. The lowest BCUT2D eigenvalue weighted by molar-refractivity contribution is 0.260. The third kappa shape index (κ3) is 7.81. The summed E-state index contributed by atoms with van der Waals surface area (Å²) in [6.07, 6.45) is 10.1. The van der Waals surface area contributed by atoms with Crippen molar-refractivity contribution in [2.45, 2.75) is 58.3 Å². The van der Waals surface area contributed by atoms with E-state index in [0.717, 1.165) is 38.2 Å². The van der Waals surface area contributed by atoms with Gasteiger partial charge in [-0.25, -0.2) is 4.39 Å². The maximum atomic E-state index is 13.9. The number of nitrogens with zero attached hydrogens (tertiary/aromatic N) is 1. The van der Waals surface area contributed by atoms with Gasteiger partial charge in [0.15, 0.2) is 0 Å². The summed E-state index contributed by atoms with van der Waals surface area (Å²) in [5.74, 6) is 0.166. The summed E-state index contributed by atoms with van der Waals surface area (Å²) in [5.41, 5.74) is 5.46. The Morgan fingerprint density at radius 2 is 2.00 bits per heavy atom. The average molecular weight is 369 g/mol. The molecule has 1 rings (SSSR count). The molecule has 0 aromatic rings. The van der Waals surface area contributed by atoms with Gasteiger partial charge in [-0.2, -0.15) is 0 Å². The van der Waals surface area contributed by atoms with Crippen molar-refractivity contribution < 1.29 is 4.39 Å². The highest BCUT2D eigenvalue weighted by Gasteiger charge is 2.15. The Hall–Kier alpha value is -1.02. The number of hydrogen-bond donors (Lipinski definition) is 1. The monoisotopic (exact) mass is 368 g/mol. The lowest BCUT2D eigenvalue weighted by atomic mass is 9.91. The first kappa shape index (κ1) is 22.0. The van der Waals surface area contributed by atoms with Crippen LogP contribution in [0.4, 0.5) is 4.39 Å². The van der Waals surface area contributed by atoms with Crippen LogP contribution in [-0.2, 0) is 0 Å². The van der Waals surface area contributed by atoms with E-state index in [4.69, 9.17) is 11.6 Å². The summed E-state index contributed by atoms with van der Waals surface area (Å²) in [4.78, 5) is 2.55. The first-order valence-electron chi connectivity index (χ1n) is 9.58. The van der Waals surface area contributed by atoms with Crippen LogP contribution >= 0.6 is 11.6 Å². The minimum absolute atomic E-state index is 0.278. The zero-order valence-electron chi connectivity index (χ0n) is 16.2. The van der Waals surface area contributed by atoms with E-state index in [0.29, 0.717) is 12.3 Å². The van der Waals surface area contributed by atoms with Crippen molar-refractivity contribution in [1.82, 2.24) is 10.2 Å². The predicted octanol–water partition coefficient (Wildman–Crippen LogP) is 5.57. The van der Waals surface area contributed by atoms with Gasteiger partial charge in [-0.1, -0.05) is 26.8 Å². The zero-order chi connectivity index (χ0) is 18.7. The van der Waals surface area contributed by atoms with E-state index in [9.17, 15) is 4.39 Å². The fourth-order valence-corrected chi connectivity index (χ4v) is 3.43. The molecule has 0 spiro atoms. The van der Waals surface area contributed by atoms with E-state index >= 15 is 0 Å². The number of rotatable bonds is 9. The van der Waals surface area contributed by atoms with Crippen LogP contribution in [0.2, 0.25) is 0 Å². The van der Waals surface area contributed by atoms with Crippen LogP contribution < -0.4 is 5.32 Å². The van der Waals surface area contributed by atoms with Gasteiger partial charge in [-0.15, -0.1) is 17.3 Å². The van der Waals surface area contributed by atoms with Crippen molar-refractivity contribution in [3.05, 3.63) is 41.1 Å². The van der Waals surface area contributed by atoms with E-state index in [-0.39, 0.29) is 5.83 Å². The highest BCUT2D eigenvalue weighted by Crippen LogP contribution is 2.26. The van der Waals surface area contributed by atoms with Crippen LogP contribution in [0.3, 0.4) is 0 Å². The maximum Gasteiger partial charge on any atom is 0.118 e. The second-order valence-electron chi connectivity index (χ2n) is 6.73. The summed E-state index contributed by atoms with van der Waals surface area (Å²) < 4.78 is 13.9. The second-order valence-corrected chi connectivity index (χ2v) is 7.20. The smallest absolute Gasteiger partial charge is 0.118 e. The van der Waals surface area contributed by atoms with Gasteiger partial charge in [0.25, 0.3) is 0 Å². The molecule has 0 fully saturated rings. The number of allylic oxidation sites excluding steroid dienone is 4. The van der Waals surface area contributed by atoms with Crippen molar-refractivity contribution in [2.75, 3.05) is 26.7 Å². The molecule has 0 heterocycles. The number of likely N-dealkylation sites (N-methyl/N-ethyl adjacent to an activating group) is 1. The summed E-state index contributed by atoms with van der Waals surface area (Å²) in [6.45, 7) is 10.2. The summed E-state index contributed by atoms with van der Waals surface area (Å²) in [6, 6.07) is 0. The van der Waals surface area contributed by atoms with Crippen LogP contribution in [0.15, 0.2) is 41.1 Å². The number of halogens is 2. The van der Waals surface area contributed by atoms with Gasteiger partial charge < -0.3 is 10.2 Å². The van der Waals surface area contributed by atoms with E-state index in [1.54, 1.807) is 12.2 Å². The molecule has 2 nitrogen and oxygen atoms in total. The lowest BCUT2D eigenvalue weighted by Gasteiger charge is -2.25. The fraction of sp³-hybridized carbons (Fsp3) is 0.667. The molecular formula is C21H34ClFN2. The average Bonchev–Trinajstić information content (AvgIpc) is 2.60. The van der Waals surface area contributed by atoms with Crippen LogP contribution in [0.1, 0.15) is 52.9 Å². The Kier molecular flexibility index (Phi) is 10.9. The molecule has 0 radical (unpaired) electrons. The van der Waals surface area contributed by atoms with Crippen LogP contribution in [-0.4, -0.2) is 37.0 Å². The van der Waals surface area contributed by atoms with E-state index < -0.39 is 5.38 Å². The van der Waals surface area contributed by atoms with Crippen LogP contribution in [0, 0.1) is 5.92 Å². The molecule has 0 aliphatic heterocycles. The molecule has 0 saturated carbocycles. The summed E-state index contributed by atoms with van der Waals surface area (Å²) in [7, 11) is 1.93. The van der Waals surface area contributed by atoms with Gasteiger partial charge in [0.1, 0.15) is 11.2 Å². The van der Waals surface area contributed by atoms with Gasteiger partial charge in [0.05, 0.1) is 0 Å². The molecule has 0 saturated heterocycles. The topological polar surface area (TPSA) is 15.3 Å². The van der Waals surface area contributed by atoms with E-state index in [2.05, 4.69) is 36.7 Å². The Morgan fingerprint density at radius 1 is 1.32 bits per heavy atom. The first-order chi connectivity index (χ1) is 12.0. The van der Waals surface area contributed by atoms with Gasteiger partial charge in [-0.3, -0.25) is 0 Å². The standard InChI is InChI=1S/C21H34ClFN2/c1-5-14-25(15-6-2)16-13-17(3)18-9-7-11-20(23)19(22)10-8-12-21(18)24-4/h10-12,17,19,24H,5-7,9,13-16H2,1-4H3/b20-11+,21-18-. The molecule has 25 heavy (non-hydrogen) atoms. The molecule has 0 aromatic carbocycles. The van der Waals surface area contributed by atoms with Crippen molar-refractivity contribution in [3.8, 4) is 0 Å². The Balaban J connectivity index is 2.90. The number of alkyl halides is 1. The molecular weight excluding hydrogens is 335 g/mol. The minimum atomic E-state index is -0.718. The highest BCUT2D eigenvalue weighted by molar-refractivity contribution is 6.23. The van der Waals surface area contributed by atoms with E-state index in [1.165, 1.54) is 18.4 Å². The predicted molar refractivity (Wildman–Crippen MR) is 108 cm³/mol. The maximum absolute atomic E-state index is 13.9. The van der Waals surface area contributed by atoms with Gasteiger partial charge >= 0.3 is 0 Å². The molecule has 0 amide bonds. The molecule has 1 aliphatic rings. The van der Waals surface area contributed by atoms with E-state index in [1.807, 2.05) is 13.1 Å². The molecule has 1 aliphatic carbocycles. The van der Waals surface area contributed by atoms with Gasteiger partial charge in [0.2, 0.25) is 0 Å². The summed E-state index contributed by atoms with van der Waals surface area (Å²) >= 11 is 5.98. The lowest BCUT2D eigenvalue weighted by Crippen LogP contribution is -2.28. The van der Waals surface area contributed by atoms with Crippen molar-refractivity contribution in [2.24, 2.45) is 5.92 Å². The molecule has 0 bridgehead atoms. The zero-order valence-corrected chi connectivity index (χ0v) is 17.0. The third-order valence-electron chi connectivity index (χ3n) is 4.65. The Bertz CT molecular complexity index is 512. The quantitative estimate of drug-likeness (QED) is 0.422. The molecule has 2 unspecified atom stereocenters. The fourth-order valence-electron chi connectivity index (χ4n) is 3.26. The van der Waals surface area contributed by atoms with Crippen LogP contribution in [0.25, 0.3) is 0 Å². The third-order valence-corrected chi connectivity index (χ3v) is 4.99. The molecule has 2 atom stereocenters. The summed E-state index contributed by atoms with van der Waals surface area (Å²) in [5, 5.41) is 2.57. The molecule has 4 heteroatoms. The van der Waals surface area contributed by atoms with Crippen molar-refractivity contribution >= 4 is 11.6 Å². The van der Waals surface area contributed by atoms with Gasteiger partial charge in [0, 0.05) is 18.8 Å². The molecule has 142 valence electrons. The Labute approximate surface area is 158 Å². The van der Waals surface area contributed by atoms with Crippen molar-refractivity contribution in [3.63, 3.8) is 0 Å². The van der Waals surface area contributed by atoms with Gasteiger partial charge in [-0.05, 0) is 69.3 Å². The SMILES string of the molecule is CCCN(CCC)CCC(C)/C1=C(\NC)C=C=CC(Cl)/C(F)=C\CC1. The number of hydrogen-bond acceptors (Lipinski definition) is 2. The van der Waals surface area contributed by atoms with Crippen LogP contribution in [0.5, 0.6) is 0 Å².